The normalized spacial score (nSPS) is 19.3. The van der Waals surface area contributed by atoms with Gasteiger partial charge in [0.2, 0.25) is 5.91 Å². The van der Waals surface area contributed by atoms with Gasteiger partial charge in [-0.15, -0.1) is 0 Å². The zero-order valence-electron chi connectivity index (χ0n) is 18.8. The smallest absolute Gasteiger partial charge is 0.407 e. The van der Waals surface area contributed by atoms with Crippen LogP contribution in [-0.4, -0.2) is 56.0 Å². The van der Waals surface area contributed by atoms with Gasteiger partial charge in [-0.1, -0.05) is 54.6 Å². The topological polar surface area (TPSA) is 114 Å². The largest absolute Gasteiger partial charge is 0.481 e. The van der Waals surface area contributed by atoms with Crippen molar-refractivity contribution in [2.45, 2.75) is 18.8 Å². The number of amides is 2. The van der Waals surface area contributed by atoms with Gasteiger partial charge in [-0.25, -0.2) is 4.79 Å². The van der Waals surface area contributed by atoms with Gasteiger partial charge >= 0.3 is 12.1 Å². The lowest BCUT2D eigenvalue weighted by atomic mass is 9.82. The van der Waals surface area contributed by atoms with Crippen LogP contribution in [0.2, 0.25) is 0 Å². The van der Waals surface area contributed by atoms with Crippen LogP contribution in [0.3, 0.4) is 0 Å². The van der Waals surface area contributed by atoms with Gasteiger partial charge in [0.05, 0.1) is 6.61 Å². The molecule has 1 aliphatic heterocycles. The Morgan fingerprint density at radius 3 is 2.35 bits per heavy atom. The molecule has 0 radical (unpaired) electrons. The van der Waals surface area contributed by atoms with Crippen molar-refractivity contribution in [1.29, 1.82) is 0 Å². The van der Waals surface area contributed by atoms with Crippen molar-refractivity contribution in [3.63, 3.8) is 0 Å². The molecule has 8 heteroatoms. The number of fused-ring (bicyclic) bond motifs is 3. The van der Waals surface area contributed by atoms with Crippen LogP contribution in [0.4, 0.5) is 4.79 Å². The number of rotatable bonds is 8. The molecule has 1 heterocycles. The number of carbonyl (C=O) groups is 3. The molecule has 0 bridgehead atoms. The van der Waals surface area contributed by atoms with Crippen molar-refractivity contribution >= 4 is 18.0 Å². The Hall–Kier alpha value is -3.65. The van der Waals surface area contributed by atoms with Crippen LogP contribution in [0, 0.1) is 5.41 Å². The van der Waals surface area contributed by atoms with Gasteiger partial charge in [0.25, 0.3) is 0 Å². The third-order valence-corrected chi connectivity index (χ3v) is 6.35. The molecule has 2 aromatic rings. The molecule has 4 rings (SSSR count). The molecule has 1 atom stereocenters. The molecule has 0 saturated carbocycles. The molecule has 1 aliphatic carbocycles. The summed E-state index contributed by atoms with van der Waals surface area (Å²) in [4.78, 5) is 35.8. The molecule has 1 saturated heterocycles. The molecule has 0 spiro atoms. The SMILES string of the molecule is O=C(/C=C/CNC(=O)OCC1c2ccccc2-c2ccccc21)NCC1(C(=O)O)CCCOC1. The quantitative estimate of drug-likeness (QED) is 0.518. The third kappa shape index (κ3) is 5.12. The van der Waals surface area contributed by atoms with Gasteiger partial charge in [-0.3, -0.25) is 9.59 Å². The minimum Gasteiger partial charge on any atom is -0.481 e. The second-order valence-corrected chi connectivity index (χ2v) is 8.57. The van der Waals surface area contributed by atoms with E-state index in [0.29, 0.717) is 19.4 Å². The summed E-state index contributed by atoms with van der Waals surface area (Å²) in [5, 5.41) is 14.7. The van der Waals surface area contributed by atoms with E-state index < -0.39 is 23.4 Å². The van der Waals surface area contributed by atoms with E-state index in [9.17, 15) is 19.5 Å². The fourth-order valence-corrected chi connectivity index (χ4v) is 4.51. The molecule has 1 fully saturated rings. The van der Waals surface area contributed by atoms with Crippen molar-refractivity contribution in [2.24, 2.45) is 5.41 Å². The van der Waals surface area contributed by atoms with E-state index in [4.69, 9.17) is 9.47 Å². The van der Waals surface area contributed by atoms with Crippen molar-refractivity contribution in [2.75, 3.05) is 32.9 Å². The van der Waals surface area contributed by atoms with E-state index in [1.54, 1.807) is 0 Å². The number of carboxylic acid groups (broad SMARTS) is 1. The van der Waals surface area contributed by atoms with Gasteiger partial charge in [0.1, 0.15) is 12.0 Å². The number of benzene rings is 2. The number of carboxylic acids is 1. The molecule has 0 aromatic heterocycles. The molecular formula is C26H28N2O6. The average Bonchev–Trinajstić information content (AvgIpc) is 3.18. The lowest BCUT2D eigenvalue weighted by Crippen LogP contribution is -2.48. The first-order valence-electron chi connectivity index (χ1n) is 11.3. The zero-order valence-corrected chi connectivity index (χ0v) is 18.8. The van der Waals surface area contributed by atoms with Crippen LogP contribution in [0.15, 0.2) is 60.7 Å². The monoisotopic (exact) mass is 464 g/mol. The maximum absolute atomic E-state index is 12.2. The van der Waals surface area contributed by atoms with Gasteiger partial charge in [-0.2, -0.15) is 0 Å². The van der Waals surface area contributed by atoms with Crippen LogP contribution in [-0.2, 0) is 19.1 Å². The Kier molecular flexibility index (Phi) is 7.27. The summed E-state index contributed by atoms with van der Waals surface area (Å²) >= 11 is 0. The second kappa shape index (κ2) is 10.5. The first-order chi connectivity index (χ1) is 16.5. The highest BCUT2D eigenvalue weighted by Gasteiger charge is 2.40. The zero-order chi connectivity index (χ0) is 24.0. The summed E-state index contributed by atoms with van der Waals surface area (Å²) in [5.41, 5.74) is 3.49. The minimum atomic E-state index is -1.10. The number of alkyl carbamates (subject to hydrolysis) is 1. The van der Waals surface area contributed by atoms with Crippen molar-refractivity contribution in [1.82, 2.24) is 10.6 Å². The maximum atomic E-state index is 12.2. The Morgan fingerprint density at radius 2 is 1.74 bits per heavy atom. The highest BCUT2D eigenvalue weighted by Crippen LogP contribution is 2.44. The lowest BCUT2D eigenvalue weighted by molar-refractivity contribution is -0.157. The Morgan fingerprint density at radius 1 is 1.06 bits per heavy atom. The predicted octanol–water partition coefficient (Wildman–Crippen LogP) is 3.08. The average molecular weight is 465 g/mol. The summed E-state index contributed by atoms with van der Waals surface area (Å²) in [6.45, 7) is 0.923. The van der Waals surface area contributed by atoms with Crippen LogP contribution in [0.25, 0.3) is 11.1 Å². The predicted molar refractivity (Wildman–Crippen MR) is 125 cm³/mol. The molecule has 2 aromatic carbocycles. The highest BCUT2D eigenvalue weighted by atomic mass is 16.5. The number of hydrogen-bond donors (Lipinski definition) is 3. The summed E-state index contributed by atoms with van der Waals surface area (Å²) in [7, 11) is 0. The summed E-state index contributed by atoms with van der Waals surface area (Å²) in [6.07, 6.45) is 3.28. The Balaban J connectivity index is 1.22. The van der Waals surface area contributed by atoms with E-state index in [1.807, 2.05) is 24.3 Å². The van der Waals surface area contributed by atoms with Gasteiger partial charge in [0, 0.05) is 31.7 Å². The van der Waals surface area contributed by atoms with Crippen LogP contribution < -0.4 is 10.6 Å². The summed E-state index contributed by atoms with van der Waals surface area (Å²) in [5.74, 6) is -1.43. The Labute approximate surface area is 198 Å². The number of ether oxygens (including phenoxy) is 2. The van der Waals surface area contributed by atoms with Crippen molar-refractivity contribution in [3.8, 4) is 11.1 Å². The number of aliphatic carboxylic acids is 1. The first-order valence-corrected chi connectivity index (χ1v) is 11.3. The van der Waals surface area contributed by atoms with Crippen LogP contribution in [0.5, 0.6) is 0 Å². The molecule has 8 nitrogen and oxygen atoms in total. The summed E-state index contributed by atoms with van der Waals surface area (Å²) < 4.78 is 10.7. The van der Waals surface area contributed by atoms with E-state index in [0.717, 1.165) is 22.3 Å². The van der Waals surface area contributed by atoms with E-state index in [1.165, 1.54) is 12.2 Å². The van der Waals surface area contributed by atoms with E-state index in [2.05, 4.69) is 34.9 Å². The standard InChI is InChI=1S/C26H28N2O6/c29-23(28-16-26(24(30)31)12-6-14-33-17-26)11-5-13-27-25(32)34-15-22-20-9-3-1-7-18(20)19-8-2-4-10-21(19)22/h1-5,7-11,22H,6,12-17H2,(H,27,32)(H,28,29)(H,30,31)/b11-5+. The molecule has 1 unspecified atom stereocenters. The number of carbonyl (C=O) groups excluding carboxylic acids is 2. The van der Waals surface area contributed by atoms with E-state index in [-0.39, 0.29) is 32.2 Å². The first kappa shape index (κ1) is 23.5. The lowest BCUT2D eigenvalue weighted by Gasteiger charge is -2.32. The van der Waals surface area contributed by atoms with E-state index >= 15 is 0 Å². The molecule has 3 N–H and O–H groups in total. The van der Waals surface area contributed by atoms with Crippen LogP contribution >= 0.6 is 0 Å². The minimum absolute atomic E-state index is 0.00862. The third-order valence-electron chi connectivity index (χ3n) is 6.35. The molecule has 2 amide bonds. The molecule has 34 heavy (non-hydrogen) atoms. The molecule has 178 valence electrons. The number of hydrogen-bond acceptors (Lipinski definition) is 5. The molecular weight excluding hydrogens is 436 g/mol. The van der Waals surface area contributed by atoms with Gasteiger partial charge < -0.3 is 25.2 Å². The Bertz CT molecular complexity index is 1040. The molecule has 2 aliphatic rings. The van der Waals surface area contributed by atoms with Gasteiger partial charge in [-0.05, 0) is 35.1 Å². The van der Waals surface area contributed by atoms with Gasteiger partial charge in [0.15, 0.2) is 0 Å². The second-order valence-electron chi connectivity index (χ2n) is 8.57. The maximum Gasteiger partial charge on any atom is 0.407 e. The van der Waals surface area contributed by atoms with Crippen molar-refractivity contribution < 1.29 is 29.0 Å². The highest BCUT2D eigenvalue weighted by molar-refractivity contribution is 5.88. The fraction of sp³-hybridized carbons (Fsp3) is 0.346. The number of nitrogens with one attached hydrogen (secondary N) is 2. The fourth-order valence-electron chi connectivity index (χ4n) is 4.51. The van der Waals surface area contributed by atoms with Crippen LogP contribution in [0.1, 0.15) is 29.9 Å². The van der Waals surface area contributed by atoms with Crippen molar-refractivity contribution in [3.05, 3.63) is 71.8 Å². The summed E-state index contributed by atoms with van der Waals surface area (Å²) in [6, 6.07) is 16.2.